The van der Waals surface area contributed by atoms with E-state index in [1.807, 2.05) is 0 Å². The first-order valence-electron chi connectivity index (χ1n) is 5.89. The van der Waals surface area contributed by atoms with Gasteiger partial charge in [-0.15, -0.1) is 0 Å². The van der Waals surface area contributed by atoms with Crippen LogP contribution in [-0.4, -0.2) is 36.8 Å². The quantitative estimate of drug-likeness (QED) is 0.908. The molecule has 0 aliphatic carbocycles. The Hall–Kier alpha value is -1.21. The van der Waals surface area contributed by atoms with Crippen LogP contribution >= 0.6 is 0 Å². The number of nitrogens with zero attached hydrogens (tertiary/aromatic N) is 1. The molecule has 0 radical (unpaired) electrons. The van der Waals surface area contributed by atoms with Gasteiger partial charge in [-0.25, -0.2) is 17.2 Å². The monoisotopic (exact) mass is 291 g/mol. The number of hydrogen-bond acceptors (Lipinski definition) is 3. The van der Waals surface area contributed by atoms with E-state index in [0.717, 1.165) is 10.4 Å². The lowest BCUT2D eigenvalue weighted by Crippen LogP contribution is -2.42. The molecule has 1 fully saturated rings. The van der Waals surface area contributed by atoms with Crippen molar-refractivity contribution < 1.29 is 22.3 Å². The average molecular weight is 291 g/mol. The van der Waals surface area contributed by atoms with Crippen molar-refractivity contribution in [3.63, 3.8) is 0 Å². The first-order chi connectivity index (χ1) is 8.71. The minimum atomic E-state index is -3.82. The number of alkyl halides is 2. The van der Waals surface area contributed by atoms with Gasteiger partial charge in [-0.1, -0.05) is 0 Å². The molecule has 0 unspecified atom stereocenters. The lowest BCUT2D eigenvalue weighted by atomic mass is 10.1. The van der Waals surface area contributed by atoms with Crippen LogP contribution in [-0.2, 0) is 10.0 Å². The predicted molar refractivity (Wildman–Crippen MR) is 65.8 cm³/mol. The highest BCUT2D eigenvalue weighted by molar-refractivity contribution is 7.89. The Balaban J connectivity index is 2.28. The van der Waals surface area contributed by atoms with Gasteiger partial charge in [-0.3, -0.25) is 0 Å². The Morgan fingerprint density at radius 2 is 1.79 bits per heavy atom. The predicted octanol–water partition coefficient (Wildman–Crippen LogP) is 2.12. The van der Waals surface area contributed by atoms with Crippen LogP contribution in [0.25, 0.3) is 0 Å². The van der Waals surface area contributed by atoms with E-state index in [2.05, 4.69) is 0 Å². The lowest BCUT2D eigenvalue weighted by molar-refractivity contribution is -0.0412. The van der Waals surface area contributed by atoms with Crippen LogP contribution in [0.5, 0.6) is 5.75 Å². The number of aryl methyl sites for hydroxylation is 1. The average Bonchev–Trinajstić information content (AvgIpc) is 2.27. The second-order valence-corrected chi connectivity index (χ2v) is 6.70. The topological polar surface area (TPSA) is 57.6 Å². The highest BCUT2D eigenvalue weighted by Crippen LogP contribution is 2.31. The van der Waals surface area contributed by atoms with Crippen LogP contribution in [0.2, 0.25) is 0 Å². The number of phenolic OH excluding ortho intramolecular Hbond substituents is 1. The van der Waals surface area contributed by atoms with Gasteiger partial charge in [0.25, 0.3) is 5.92 Å². The summed E-state index contributed by atoms with van der Waals surface area (Å²) in [6.07, 6.45) is -0.936. The summed E-state index contributed by atoms with van der Waals surface area (Å²) in [5.74, 6) is -2.94. The maximum Gasteiger partial charge on any atom is 0.250 e. The molecule has 106 valence electrons. The molecule has 1 N–H and O–H groups in total. The molecule has 0 saturated carbocycles. The van der Waals surface area contributed by atoms with Crippen molar-refractivity contribution in [1.29, 1.82) is 0 Å². The number of benzene rings is 1. The van der Waals surface area contributed by atoms with Gasteiger partial charge in [-0.05, 0) is 30.7 Å². The molecule has 1 heterocycles. The zero-order valence-electron chi connectivity index (χ0n) is 10.4. The maximum absolute atomic E-state index is 13.0. The molecule has 1 aromatic rings. The van der Waals surface area contributed by atoms with Crippen LogP contribution in [0.3, 0.4) is 0 Å². The van der Waals surface area contributed by atoms with Gasteiger partial charge in [0.15, 0.2) is 0 Å². The van der Waals surface area contributed by atoms with Crippen LogP contribution in [0.1, 0.15) is 18.4 Å². The van der Waals surface area contributed by atoms with Gasteiger partial charge < -0.3 is 5.11 Å². The van der Waals surface area contributed by atoms with Gasteiger partial charge >= 0.3 is 0 Å². The van der Waals surface area contributed by atoms with E-state index >= 15 is 0 Å². The number of rotatable bonds is 2. The summed E-state index contributed by atoms with van der Waals surface area (Å²) >= 11 is 0. The molecule has 2 rings (SSSR count). The molecule has 0 amide bonds. The third kappa shape index (κ3) is 3.03. The molecule has 19 heavy (non-hydrogen) atoms. The Kier molecular flexibility index (Phi) is 3.53. The lowest BCUT2D eigenvalue weighted by Gasteiger charge is -2.30. The Morgan fingerprint density at radius 3 is 2.32 bits per heavy atom. The van der Waals surface area contributed by atoms with Crippen molar-refractivity contribution in [2.45, 2.75) is 30.6 Å². The van der Waals surface area contributed by atoms with Gasteiger partial charge in [0.05, 0.1) is 4.90 Å². The van der Waals surface area contributed by atoms with Crippen LogP contribution in [0.4, 0.5) is 8.78 Å². The van der Waals surface area contributed by atoms with Gasteiger partial charge in [0, 0.05) is 25.9 Å². The SMILES string of the molecule is Cc1cc(O)cc(S(=O)(=O)N2CCC(F)(F)CC2)c1. The van der Waals surface area contributed by atoms with Crippen molar-refractivity contribution in [2.75, 3.05) is 13.1 Å². The zero-order valence-corrected chi connectivity index (χ0v) is 11.3. The molecular weight excluding hydrogens is 276 g/mol. The number of piperidine rings is 1. The fourth-order valence-electron chi connectivity index (χ4n) is 2.08. The summed E-state index contributed by atoms with van der Waals surface area (Å²) in [6.45, 7) is 1.25. The summed E-state index contributed by atoms with van der Waals surface area (Å²) in [4.78, 5) is -0.0600. The molecular formula is C12H15F2NO3S. The molecule has 0 atom stereocenters. The van der Waals surface area contributed by atoms with Crippen molar-refractivity contribution in [2.24, 2.45) is 0 Å². The number of hydrogen-bond donors (Lipinski definition) is 1. The Labute approximate surface area is 110 Å². The number of aromatic hydroxyl groups is 1. The Bertz CT molecular complexity index is 556. The second-order valence-electron chi connectivity index (χ2n) is 4.76. The second kappa shape index (κ2) is 4.72. The first-order valence-corrected chi connectivity index (χ1v) is 7.33. The molecule has 1 saturated heterocycles. The van der Waals surface area contributed by atoms with E-state index in [9.17, 15) is 22.3 Å². The minimum absolute atomic E-state index is 0.0600. The van der Waals surface area contributed by atoms with E-state index < -0.39 is 28.8 Å². The molecule has 7 heteroatoms. The van der Waals surface area contributed by atoms with Crippen LogP contribution in [0.15, 0.2) is 23.1 Å². The third-order valence-electron chi connectivity index (χ3n) is 3.13. The minimum Gasteiger partial charge on any atom is -0.508 e. The van der Waals surface area contributed by atoms with Crippen LogP contribution < -0.4 is 0 Å². The summed E-state index contributed by atoms with van der Waals surface area (Å²) in [5, 5.41) is 9.44. The summed E-state index contributed by atoms with van der Waals surface area (Å²) in [7, 11) is -3.82. The van der Waals surface area contributed by atoms with E-state index in [1.54, 1.807) is 6.92 Å². The molecule has 1 aliphatic rings. The molecule has 1 aliphatic heterocycles. The van der Waals surface area contributed by atoms with Crippen LogP contribution in [0, 0.1) is 6.92 Å². The highest BCUT2D eigenvalue weighted by Gasteiger charge is 2.38. The smallest absolute Gasteiger partial charge is 0.250 e. The van der Waals surface area contributed by atoms with E-state index in [0.29, 0.717) is 5.56 Å². The van der Waals surface area contributed by atoms with Gasteiger partial charge in [-0.2, -0.15) is 4.31 Å². The van der Waals surface area contributed by atoms with Gasteiger partial charge in [0.2, 0.25) is 10.0 Å². The molecule has 4 nitrogen and oxygen atoms in total. The molecule has 0 bridgehead atoms. The zero-order chi connectivity index (χ0) is 14.3. The summed E-state index contributed by atoms with van der Waals surface area (Å²) in [5.41, 5.74) is 0.598. The largest absolute Gasteiger partial charge is 0.508 e. The number of sulfonamides is 1. The fraction of sp³-hybridized carbons (Fsp3) is 0.500. The first kappa shape index (κ1) is 14.2. The Morgan fingerprint density at radius 1 is 1.21 bits per heavy atom. The number of halogens is 2. The summed E-state index contributed by atoms with van der Waals surface area (Å²) in [6, 6.07) is 3.99. The van der Waals surface area contributed by atoms with Crippen molar-refractivity contribution in [3.05, 3.63) is 23.8 Å². The van der Waals surface area contributed by atoms with E-state index in [-0.39, 0.29) is 23.7 Å². The molecule has 1 aromatic carbocycles. The van der Waals surface area contributed by atoms with Crippen molar-refractivity contribution in [3.8, 4) is 5.75 Å². The third-order valence-corrected chi connectivity index (χ3v) is 5.00. The van der Waals surface area contributed by atoms with Crippen molar-refractivity contribution in [1.82, 2.24) is 4.31 Å². The fourth-order valence-corrected chi connectivity index (χ4v) is 3.65. The molecule has 0 spiro atoms. The standard InChI is InChI=1S/C12H15F2NO3S/c1-9-6-10(16)8-11(7-9)19(17,18)15-4-2-12(13,14)3-5-15/h6-8,16H,2-5H2,1H3. The van der Waals surface area contributed by atoms with E-state index in [4.69, 9.17) is 0 Å². The maximum atomic E-state index is 13.0. The normalized spacial score (nSPS) is 20.4. The number of phenols is 1. The summed E-state index contributed by atoms with van der Waals surface area (Å²) < 4.78 is 51.7. The van der Waals surface area contributed by atoms with E-state index in [1.165, 1.54) is 12.1 Å². The van der Waals surface area contributed by atoms with Gasteiger partial charge in [0.1, 0.15) is 5.75 Å². The molecule has 0 aromatic heterocycles. The van der Waals surface area contributed by atoms with Crippen molar-refractivity contribution >= 4 is 10.0 Å². The highest BCUT2D eigenvalue weighted by atomic mass is 32.2.